The third-order valence-electron chi connectivity index (χ3n) is 4.98. The van der Waals surface area contributed by atoms with Gasteiger partial charge in [0.15, 0.2) is 0 Å². The molecule has 3 N–H and O–H groups in total. The minimum absolute atomic E-state index is 0.0531. The SMILES string of the molecule is O=C(NCC(O)CNC(=O)C1CCCCC1)C1CCCCC1. The summed E-state index contributed by atoms with van der Waals surface area (Å²) in [6.07, 6.45) is 10.1. The maximum atomic E-state index is 12.0. The first-order valence-corrected chi connectivity index (χ1v) is 8.90. The van der Waals surface area contributed by atoms with E-state index in [1.807, 2.05) is 0 Å². The molecule has 0 aromatic carbocycles. The molecule has 5 nitrogen and oxygen atoms in total. The number of hydrogen-bond donors (Lipinski definition) is 3. The molecule has 0 aromatic rings. The van der Waals surface area contributed by atoms with Crippen LogP contribution in [0.2, 0.25) is 0 Å². The van der Waals surface area contributed by atoms with Gasteiger partial charge in [0.2, 0.25) is 11.8 Å². The highest BCUT2D eigenvalue weighted by atomic mass is 16.3. The van der Waals surface area contributed by atoms with Crippen molar-refractivity contribution in [2.24, 2.45) is 11.8 Å². The lowest BCUT2D eigenvalue weighted by Gasteiger charge is -2.23. The summed E-state index contributed by atoms with van der Waals surface area (Å²) in [7, 11) is 0. The quantitative estimate of drug-likeness (QED) is 0.699. The summed E-state index contributed by atoms with van der Waals surface area (Å²) >= 11 is 0. The molecule has 0 radical (unpaired) electrons. The van der Waals surface area contributed by atoms with Crippen LogP contribution in [0.25, 0.3) is 0 Å². The molecule has 2 amide bonds. The predicted molar refractivity (Wildman–Crippen MR) is 85.2 cm³/mol. The molecule has 0 bridgehead atoms. The molecule has 0 spiro atoms. The van der Waals surface area contributed by atoms with Crippen molar-refractivity contribution in [3.8, 4) is 0 Å². The Morgan fingerprint density at radius 3 is 1.50 bits per heavy atom. The van der Waals surface area contributed by atoms with E-state index in [0.29, 0.717) is 0 Å². The molecule has 0 unspecified atom stereocenters. The molecule has 0 aliphatic heterocycles. The van der Waals surface area contributed by atoms with Gasteiger partial charge in [0.05, 0.1) is 6.10 Å². The summed E-state index contributed by atoms with van der Waals surface area (Å²) in [5.41, 5.74) is 0. The Bertz CT molecular complexity index is 327. The highest BCUT2D eigenvalue weighted by Crippen LogP contribution is 2.24. The van der Waals surface area contributed by atoms with Crippen LogP contribution in [-0.4, -0.2) is 36.1 Å². The molecule has 0 aromatic heterocycles. The van der Waals surface area contributed by atoms with Gasteiger partial charge in [-0.1, -0.05) is 38.5 Å². The van der Waals surface area contributed by atoms with Crippen LogP contribution in [0.15, 0.2) is 0 Å². The molecule has 0 heterocycles. The molecule has 5 heteroatoms. The van der Waals surface area contributed by atoms with Crippen LogP contribution in [0.1, 0.15) is 64.2 Å². The molecule has 2 fully saturated rings. The van der Waals surface area contributed by atoms with Crippen LogP contribution in [0.5, 0.6) is 0 Å². The van der Waals surface area contributed by atoms with E-state index < -0.39 is 6.10 Å². The van der Waals surface area contributed by atoms with Gasteiger partial charge in [-0.15, -0.1) is 0 Å². The van der Waals surface area contributed by atoms with Gasteiger partial charge in [-0.05, 0) is 25.7 Å². The second kappa shape index (κ2) is 9.13. The van der Waals surface area contributed by atoms with Crippen LogP contribution in [0.3, 0.4) is 0 Å². The van der Waals surface area contributed by atoms with Gasteiger partial charge < -0.3 is 15.7 Å². The summed E-state index contributed by atoms with van der Waals surface area (Å²) < 4.78 is 0. The zero-order chi connectivity index (χ0) is 15.8. The van der Waals surface area contributed by atoms with E-state index in [-0.39, 0.29) is 36.7 Å². The van der Waals surface area contributed by atoms with Crippen molar-refractivity contribution in [1.82, 2.24) is 10.6 Å². The average Bonchev–Trinajstić information content (AvgIpc) is 2.59. The fraction of sp³-hybridized carbons (Fsp3) is 0.882. The average molecular weight is 310 g/mol. The second-order valence-electron chi connectivity index (χ2n) is 6.81. The Morgan fingerprint density at radius 1 is 0.773 bits per heavy atom. The first-order valence-electron chi connectivity index (χ1n) is 8.90. The third kappa shape index (κ3) is 5.59. The molecule has 2 aliphatic carbocycles. The lowest BCUT2D eigenvalue weighted by Crippen LogP contribution is -2.43. The van der Waals surface area contributed by atoms with Crippen molar-refractivity contribution < 1.29 is 14.7 Å². The molecule has 126 valence electrons. The molecule has 2 saturated carbocycles. The van der Waals surface area contributed by atoms with Crippen LogP contribution >= 0.6 is 0 Å². The number of aliphatic hydroxyl groups is 1. The van der Waals surface area contributed by atoms with Crippen LogP contribution in [-0.2, 0) is 9.59 Å². The molecular weight excluding hydrogens is 280 g/mol. The Hall–Kier alpha value is -1.10. The molecule has 2 rings (SSSR count). The number of nitrogens with one attached hydrogen (secondary N) is 2. The number of hydrogen-bond acceptors (Lipinski definition) is 3. The lowest BCUT2D eigenvalue weighted by molar-refractivity contribution is -0.126. The van der Waals surface area contributed by atoms with E-state index in [1.54, 1.807) is 0 Å². The number of rotatable bonds is 6. The van der Waals surface area contributed by atoms with Crippen LogP contribution in [0, 0.1) is 11.8 Å². The summed E-state index contributed by atoms with van der Waals surface area (Å²) in [6, 6.07) is 0. The van der Waals surface area contributed by atoms with Gasteiger partial charge in [0, 0.05) is 24.9 Å². The highest BCUT2D eigenvalue weighted by Gasteiger charge is 2.23. The predicted octanol–water partition coefficient (Wildman–Crippen LogP) is 1.74. The summed E-state index contributed by atoms with van der Waals surface area (Å²) in [4.78, 5) is 24.0. The summed E-state index contributed by atoms with van der Waals surface area (Å²) in [5.74, 6) is 0.324. The monoisotopic (exact) mass is 310 g/mol. The molecule has 0 atom stereocenters. The normalized spacial score (nSPS) is 20.8. The fourth-order valence-electron chi connectivity index (χ4n) is 3.53. The minimum atomic E-state index is -0.708. The molecule has 0 saturated heterocycles. The Labute approximate surface area is 133 Å². The zero-order valence-electron chi connectivity index (χ0n) is 13.5. The van der Waals surface area contributed by atoms with Crippen molar-refractivity contribution in [3.05, 3.63) is 0 Å². The second-order valence-corrected chi connectivity index (χ2v) is 6.81. The van der Waals surface area contributed by atoms with Gasteiger partial charge in [0.25, 0.3) is 0 Å². The minimum Gasteiger partial charge on any atom is -0.389 e. The van der Waals surface area contributed by atoms with Gasteiger partial charge in [0.1, 0.15) is 0 Å². The number of aliphatic hydroxyl groups excluding tert-OH is 1. The Balaban J connectivity index is 1.59. The maximum absolute atomic E-state index is 12.0. The molecule has 22 heavy (non-hydrogen) atoms. The van der Waals surface area contributed by atoms with Crippen molar-refractivity contribution >= 4 is 11.8 Å². The maximum Gasteiger partial charge on any atom is 0.223 e. The molecular formula is C17H30N2O3. The van der Waals surface area contributed by atoms with Gasteiger partial charge in [-0.3, -0.25) is 9.59 Å². The van der Waals surface area contributed by atoms with Crippen molar-refractivity contribution in [2.75, 3.05) is 13.1 Å². The van der Waals surface area contributed by atoms with Gasteiger partial charge >= 0.3 is 0 Å². The van der Waals surface area contributed by atoms with E-state index >= 15 is 0 Å². The Morgan fingerprint density at radius 2 is 1.14 bits per heavy atom. The fourth-order valence-corrected chi connectivity index (χ4v) is 3.53. The van der Waals surface area contributed by atoms with E-state index in [4.69, 9.17) is 0 Å². The number of carbonyl (C=O) groups is 2. The van der Waals surface area contributed by atoms with Gasteiger partial charge in [-0.25, -0.2) is 0 Å². The Kier molecular flexibility index (Phi) is 7.16. The number of amides is 2. The smallest absolute Gasteiger partial charge is 0.223 e. The first-order chi connectivity index (χ1) is 10.7. The standard InChI is InChI=1S/C17H30N2O3/c20-15(11-18-16(21)13-7-3-1-4-8-13)12-19-17(22)14-9-5-2-6-10-14/h13-15,20H,1-12H2,(H,18,21)(H,19,22). The lowest BCUT2D eigenvalue weighted by atomic mass is 9.88. The first kappa shape index (κ1) is 17.3. The topological polar surface area (TPSA) is 78.4 Å². The van der Waals surface area contributed by atoms with Crippen molar-refractivity contribution in [3.63, 3.8) is 0 Å². The van der Waals surface area contributed by atoms with Crippen molar-refractivity contribution in [1.29, 1.82) is 0 Å². The van der Waals surface area contributed by atoms with E-state index in [2.05, 4.69) is 10.6 Å². The van der Waals surface area contributed by atoms with E-state index in [0.717, 1.165) is 51.4 Å². The zero-order valence-corrected chi connectivity index (χ0v) is 13.5. The van der Waals surface area contributed by atoms with Crippen LogP contribution < -0.4 is 10.6 Å². The third-order valence-corrected chi connectivity index (χ3v) is 4.98. The largest absolute Gasteiger partial charge is 0.389 e. The highest BCUT2D eigenvalue weighted by molar-refractivity contribution is 5.79. The summed E-state index contributed by atoms with van der Waals surface area (Å²) in [6.45, 7) is 0.445. The van der Waals surface area contributed by atoms with Gasteiger partial charge in [-0.2, -0.15) is 0 Å². The number of carbonyl (C=O) groups excluding carboxylic acids is 2. The van der Waals surface area contributed by atoms with E-state index in [1.165, 1.54) is 12.8 Å². The summed E-state index contributed by atoms with van der Waals surface area (Å²) in [5, 5.41) is 15.5. The van der Waals surface area contributed by atoms with Crippen LogP contribution in [0.4, 0.5) is 0 Å². The van der Waals surface area contributed by atoms with E-state index in [9.17, 15) is 14.7 Å². The van der Waals surface area contributed by atoms with Crippen molar-refractivity contribution in [2.45, 2.75) is 70.3 Å². The molecule has 2 aliphatic rings.